The molecule has 0 fully saturated rings. The van der Waals surface area contributed by atoms with Crippen LogP contribution in [-0.2, 0) is 28.6 Å². The van der Waals surface area contributed by atoms with Gasteiger partial charge >= 0.3 is 17.9 Å². The predicted molar refractivity (Wildman–Crippen MR) is 81.5 cm³/mol. The van der Waals surface area contributed by atoms with Crippen molar-refractivity contribution in [2.45, 2.75) is 20.3 Å². The average molecular weight is 315 g/mol. The molecule has 0 saturated carbocycles. The molecular weight excluding hydrogens is 292 g/mol. The smallest absolute Gasteiger partial charge is 0.370 e. The fourth-order valence-corrected chi connectivity index (χ4v) is 0.430. The molecule has 0 atom stereocenters. The molecular formula is C15H23O7. The van der Waals surface area contributed by atoms with Gasteiger partial charge in [0.25, 0.3) is 0 Å². The fraction of sp³-hybridized carbons (Fsp3) is 0.333. The summed E-state index contributed by atoms with van der Waals surface area (Å²) < 4.78 is 12.9. The molecule has 0 aliphatic carbocycles. The van der Waals surface area contributed by atoms with Crippen LogP contribution in [0.1, 0.15) is 20.3 Å². The maximum atomic E-state index is 10.5. The zero-order chi connectivity index (χ0) is 18.1. The molecule has 0 aliphatic heterocycles. The van der Waals surface area contributed by atoms with E-state index in [-0.39, 0.29) is 11.7 Å². The Hall–Kier alpha value is -2.57. The van der Waals surface area contributed by atoms with Crippen molar-refractivity contribution in [3.63, 3.8) is 0 Å². The summed E-state index contributed by atoms with van der Waals surface area (Å²) in [5.74, 6) is -2.10. The Balaban J connectivity index is -0.000000252. The van der Waals surface area contributed by atoms with Gasteiger partial charge in [0.2, 0.25) is 0 Å². The number of hydrogen-bond acceptors (Lipinski definition) is 6. The van der Waals surface area contributed by atoms with Crippen molar-refractivity contribution in [3.05, 3.63) is 43.8 Å². The highest BCUT2D eigenvalue weighted by molar-refractivity contribution is 5.87. The molecule has 0 heterocycles. The Bertz CT molecular complexity index is 397. The maximum absolute atomic E-state index is 10.5. The van der Waals surface area contributed by atoms with Gasteiger partial charge in [0.1, 0.15) is 6.61 Å². The molecule has 125 valence electrons. The van der Waals surface area contributed by atoms with Crippen molar-refractivity contribution < 1.29 is 33.7 Å². The molecule has 0 aromatic heterocycles. The van der Waals surface area contributed by atoms with Crippen molar-refractivity contribution in [2.24, 2.45) is 0 Å². The van der Waals surface area contributed by atoms with Gasteiger partial charge in [-0.2, -0.15) is 0 Å². The van der Waals surface area contributed by atoms with Gasteiger partial charge in [0.15, 0.2) is 5.76 Å². The lowest BCUT2D eigenvalue weighted by Crippen LogP contribution is -2.01. The Morgan fingerprint density at radius 2 is 1.64 bits per heavy atom. The molecule has 1 radical (unpaired) electrons. The van der Waals surface area contributed by atoms with Gasteiger partial charge in [0.05, 0.1) is 14.2 Å². The van der Waals surface area contributed by atoms with Gasteiger partial charge in [-0.15, -0.1) is 0 Å². The molecule has 0 bridgehead atoms. The second-order valence-electron chi connectivity index (χ2n) is 3.42. The minimum atomic E-state index is -1.12. The third-order valence-electron chi connectivity index (χ3n) is 1.56. The first-order valence-corrected chi connectivity index (χ1v) is 6.02. The number of carbonyl (C=O) groups excluding carboxylic acids is 2. The van der Waals surface area contributed by atoms with E-state index < -0.39 is 11.9 Å². The quantitative estimate of drug-likeness (QED) is 0.456. The lowest BCUT2D eigenvalue weighted by atomic mass is 10.4. The minimum Gasteiger partial charge on any atom is -0.490 e. The number of hydrogen-bond donors (Lipinski definition) is 1. The topological polar surface area (TPSA) is 99.1 Å². The monoisotopic (exact) mass is 315 g/mol. The molecule has 7 heteroatoms. The number of carboxylic acid groups (broad SMARTS) is 1. The molecule has 22 heavy (non-hydrogen) atoms. The van der Waals surface area contributed by atoms with Crippen LogP contribution in [0.25, 0.3) is 0 Å². The molecule has 0 saturated heterocycles. The van der Waals surface area contributed by atoms with Crippen LogP contribution in [0.3, 0.4) is 0 Å². The zero-order valence-electron chi connectivity index (χ0n) is 13.4. The number of esters is 2. The third kappa shape index (κ3) is 19.8. The Labute approximate surface area is 130 Å². The molecule has 0 aliphatic rings. The van der Waals surface area contributed by atoms with Gasteiger partial charge < -0.3 is 19.3 Å². The lowest BCUT2D eigenvalue weighted by molar-refractivity contribution is -0.136. The summed E-state index contributed by atoms with van der Waals surface area (Å²) in [5, 5.41) is 7.96. The van der Waals surface area contributed by atoms with E-state index in [2.05, 4.69) is 33.9 Å². The van der Waals surface area contributed by atoms with E-state index in [1.54, 1.807) is 6.92 Å². The van der Waals surface area contributed by atoms with Crippen LogP contribution in [0.5, 0.6) is 0 Å². The van der Waals surface area contributed by atoms with Gasteiger partial charge in [0, 0.05) is 11.6 Å². The standard InChI is InChI=1S/C7H11O2.C4H6O3.C4H6O2/c1-4-5-9-7(8)6(2)3;1-3(7-2)4(5)6;1-3-4(5)6-2/h5H,2,4H2,1,3H3;1H2,2H3,(H,5,6);3H,1H2,2H3. The minimum absolute atomic E-state index is 0.236. The third-order valence-corrected chi connectivity index (χ3v) is 1.56. The van der Waals surface area contributed by atoms with Crippen molar-refractivity contribution in [3.8, 4) is 0 Å². The van der Waals surface area contributed by atoms with Gasteiger partial charge in [-0.25, -0.2) is 14.4 Å². The Morgan fingerprint density at radius 1 is 1.14 bits per heavy atom. The first-order chi connectivity index (χ1) is 10.2. The molecule has 0 aromatic rings. The number of ether oxygens (including phenoxy) is 3. The second-order valence-corrected chi connectivity index (χ2v) is 3.42. The van der Waals surface area contributed by atoms with Gasteiger partial charge in [-0.05, 0) is 19.9 Å². The van der Waals surface area contributed by atoms with Crippen LogP contribution in [0.4, 0.5) is 0 Å². The molecule has 0 amide bonds. The van der Waals surface area contributed by atoms with Gasteiger partial charge in [-0.1, -0.05) is 20.1 Å². The van der Waals surface area contributed by atoms with E-state index in [0.29, 0.717) is 5.57 Å². The first-order valence-electron chi connectivity index (χ1n) is 6.02. The number of rotatable bonds is 6. The van der Waals surface area contributed by atoms with Crippen LogP contribution >= 0.6 is 0 Å². The van der Waals surface area contributed by atoms with Crippen LogP contribution in [0.15, 0.2) is 37.1 Å². The number of carbonyl (C=O) groups is 3. The Morgan fingerprint density at radius 3 is 1.77 bits per heavy atom. The summed E-state index contributed by atoms with van der Waals surface area (Å²) in [5.41, 5.74) is 0.430. The van der Waals surface area contributed by atoms with Crippen molar-refractivity contribution >= 4 is 17.9 Å². The molecule has 0 rings (SSSR count). The van der Waals surface area contributed by atoms with Crippen LogP contribution < -0.4 is 0 Å². The normalized spacial score (nSPS) is 7.82. The zero-order valence-corrected chi connectivity index (χ0v) is 13.4. The van der Waals surface area contributed by atoms with E-state index in [9.17, 15) is 14.4 Å². The summed E-state index contributed by atoms with van der Waals surface area (Å²) in [6, 6.07) is 0. The number of aliphatic carboxylic acids is 1. The molecule has 0 unspecified atom stereocenters. The van der Waals surface area contributed by atoms with Crippen LogP contribution in [-0.4, -0.2) is 37.2 Å². The summed E-state index contributed by atoms with van der Waals surface area (Å²) in [6.45, 7) is 14.6. The maximum Gasteiger partial charge on any atom is 0.370 e. The van der Waals surface area contributed by atoms with E-state index in [1.807, 2.05) is 6.92 Å². The average Bonchev–Trinajstić information content (AvgIpc) is 2.51. The summed E-state index contributed by atoms with van der Waals surface area (Å²) in [4.78, 5) is 30.1. The second kappa shape index (κ2) is 16.5. The summed E-state index contributed by atoms with van der Waals surface area (Å²) in [7, 11) is 2.57. The van der Waals surface area contributed by atoms with E-state index >= 15 is 0 Å². The number of methoxy groups -OCH3 is 2. The van der Waals surface area contributed by atoms with E-state index in [4.69, 9.17) is 5.11 Å². The largest absolute Gasteiger partial charge is 0.490 e. The van der Waals surface area contributed by atoms with Crippen LogP contribution in [0.2, 0.25) is 0 Å². The van der Waals surface area contributed by atoms with E-state index in [1.165, 1.54) is 20.8 Å². The molecule has 1 N–H and O–H groups in total. The fourth-order valence-electron chi connectivity index (χ4n) is 0.430. The van der Waals surface area contributed by atoms with Crippen molar-refractivity contribution in [1.29, 1.82) is 0 Å². The molecule has 7 nitrogen and oxygen atoms in total. The van der Waals surface area contributed by atoms with Crippen molar-refractivity contribution in [1.82, 2.24) is 0 Å². The summed E-state index contributed by atoms with van der Waals surface area (Å²) >= 11 is 0. The first kappa shape index (κ1) is 24.4. The predicted octanol–water partition coefficient (Wildman–Crippen LogP) is 2.25. The highest BCUT2D eigenvalue weighted by Crippen LogP contribution is 1.95. The molecule has 0 aromatic carbocycles. The van der Waals surface area contributed by atoms with Crippen molar-refractivity contribution in [2.75, 3.05) is 14.2 Å². The SMILES string of the molecule is C=C(C)C(=O)O[CH]CC.C=C(OC)C(=O)O.C=CC(=O)OC. The van der Waals surface area contributed by atoms with Gasteiger partial charge in [-0.3, -0.25) is 0 Å². The van der Waals surface area contributed by atoms with E-state index in [0.717, 1.165) is 12.5 Å². The highest BCUT2D eigenvalue weighted by Gasteiger charge is 2.00. The summed E-state index contributed by atoms with van der Waals surface area (Å²) in [6.07, 6.45) is 1.85. The highest BCUT2D eigenvalue weighted by atomic mass is 16.5. The molecule has 0 spiro atoms. The van der Waals surface area contributed by atoms with Crippen LogP contribution in [0, 0.1) is 6.61 Å². The Kier molecular flexibility index (Phi) is 18.3. The lowest BCUT2D eigenvalue weighted by Gasteiger charge is -1.98. The number of carboxylic acids is 1.